The maximum atomic E-state index is 5.61. The fourth-order valence-electron chi connectivity index (χ4n) is 3.40. The molecule has 0 saturated carbocycles. The van der Waals surface area contributed by atoms with Crippen LogP contribution in [-0.2, 0) is 6.54 Å². The lowest BCUT2D eigenvalue weighted by atomic mass is 10.1. The summed E-state index contributed by atoms with van der Waals surface area (Å²) in [5, 5.41) is 4.32. The Hall–Kier alpha value is -2.01. The SMILES string of the molecule is CCOc1ccc(CN2CCC[C@H]2c2cc(C(C)C)on2)cc1OC. The van der Waals surface area contributed by atoms with Crippen LogP contribution in [0.2, 0.25) is 0 Å². The van der Waals surface area contributed by atoms with Crippen LogP contribution < -0.4 is 9.47 Å². The molecule has 3 rings (SSSR count). The van der Waals surface area contributed by atoms with Crippen LogP contribution in [0.4, 0.5) is 0 Å². The number of benzene rings is 1. The summed E-state index contributed by atoms with van der Waals surface area (Å²) in [6.45, 7) is 8.81. The Balaban J connectivity index is 1.74. The van der Waals surface area contributed by atoms with E-state index >= 15 is 0 Å². The predicted octanol–water partition coefficient (Wildman–Crippen LogP) is 4.54. The second-order valence-corrected chi connectivity index (χ2v) is 6.86. The van der Waals surface area contributed by atoms with E-state index in [1.807, 2.05) is 13.0 Å². The molecule has 136 valence electrons. The van der Waals surface area contributed by atoms with Gasteiger partial charge in [0.2, 0.25) is 0 Å². The third-order valence-electron chi connectivity index (χ3n) is 4.73. The topological polar surface area (TPSA) is 47.7 Å². The minimum Gasteiger partial charge on any atom is -0.493 e. The summed E-state index contributed by atoms with van der Waals surface area (Å²) in [6, 6.07) is 8.63. The highest BCUT2D eigenvalue weighted by molar-refractivity contribution is 5.43. The predicted molar refractivity (Wildman–Crippen MR) is 97.1 cm³/mol. The van der Waals surface area contributed by atoms with Gasteiger partial charge in [0.1, 0.15) is 11.5 Å². The second-order valence-electron chi connectivity index (χ2n) is 6.86. The number of methoxy groups -OCH3 is 1. The molecule has 0 bridgehead atoms. The number of ether oxygens (including phenoxy) is 2. The third kappa shape index (κ3) is 3.98. The Morgan fingerprint density at radius 3 is 2.80 bits per heavy atom. The molecule has 1 atom stereocenters. The zero-order chi connectivity index (χ0) is 17.8. The van der Waals surface area contributed by atoms with E-state index < -0.39 is 0 Å². The molecule has 1 fully saturated rings. The Bertz CT molecular complexity index is 696. The van der Waals surface area contributed by atoms with Crippen LogP contribution in [0, 0.1) is 0 Å². The molecule has 0 unspecified atom stereocenters. The molecule has 2 heterocycles. The van der Waals surface area contributed by atoms with Gasteiger partial charge < -0.3 is 14.0 Å². The molecule has 1 aromatic heterocycles. The maximum Gasteiger partial charge on any atom is 0.161 e. The number of hydrogen-bond donors (Lipinski definition) is 0. The van der Waals surface area contributed by atoms with Crippen LogP contribution in [0.3, 0.4) is 0 Å². The van der Waals surface area contributed by atoms with Crippen molar-refractivity contribution in [1.82, 2.24) is 10.1 Å². The summed E-state index contributed by atoms with van der Waals surface area (Å²) in [5.41, 5.74) is 2.28. The van der Waals surface area contributed by atoms with Crippen LogP contribution >= 0.6 is 0 Å². The first-order chi connectivity index (χ1) is 12.1. The van der Waals surface area contributed by atoms with Crippen molar-refractivity contribution in [3.8, 4) is 11.5 Å². The summed E-state index contributed by atoms with van der Waals surface area (Å²) in [7, 11) is 1.68. The fourth-order valence-corrected chi connectivity index (χ4v) is 3.40. The van der Waals surface area contributed by atoms with Gasteiger partial charge in [0.25, 0.3) is 0 Å². The Labute approximate surface area is 149 Å². The third-order valence-corrected chi connectivity index (χ3v) is 4.73. The average Bonchev–Trinajstić information content (AvgIpc) is 3.25. The Morgan fingerprint density at radius 1 is 1.28 bits per heavy atom. The molecule has 5 heteroatoms. The van der Waals surface area contributed by atoms with Crippen molar-refractivity contribution in [3.63, 3.8) is 0 Å². The van der Waals surface area contributed by atoms with Crippen LogP contribution in [0.1, 0.15) is 62.6 Å². The van der Waals surface area contributed by atoms with Crippen LogP contribution in [0.25, 0.3) is 0 Å². The van der Waals surface area contributed by atoms with Crippen molar-refractivity contribution in [3.05, 3.63) is 41.3 Å². The maximum absolute atomic E-state index is 5.61. The van der Waals surface area contributed by atoms with E-state index in [9.17, 15) is 0 Å². The van der Waals surface area contributed by atoms with Crippen LogP contribution in [0.5, 0.6) is 11.5 Å². The second kappa shape index (κ2) is 7.91. The van der Waals surface area contributed by atoms with Crippen LogP contribution in [0.15, 0.2) is 28.8 Å². The van der Waals surface area contributed by atoms with Gasteiger partial charge in [-0.3, -0.25) is 4.90 Å². The van der Waals surface area contributed by atoms with Gasteiger partial charge >= 0.3 is 0 Å². The number of nitrogens with zero attached hydrogens (tertiary/aromatic N) is 2. The van der Waals surface area contributed by atoms with Gasteiger partial charge in [-0.25, -0.2) is 0 Å². The Morgan fingerprint density at radius 2 is 2.12 bits per heavy atom. The van der Waals surface area contributed by atoms with Crippen molar-refractivity contribution in [2.45, 2.75) is 52.1 Å². The summed E-state index contributed by atoms with van der Waals surface area (Å²) in [4.78, 5) is 2.47. The molecule has 2 aromatic rings. The average molecular weight is 344 g/mol. The lowest BCUT2D eigenvalue weighted by Crippen LogP contribution is -2.23. The largest absolute Gasteiger partial charge is 0.493 e. The standard InChI is InChI=1S/C20H28N2O3/c1-5-24-18-9-8-15(11-20(18)23-4)13-22-10-6-7-17(22)16-12-19(14(2)3)25-21-16/h8-9,11-12,14,17H,5-7,10,13H2,1-4H3/t17-/m0/s1. The summed E-state index contributed by atoms with van der Waals surface area (Å²) in [5.74, 6) is 2.92. The molecule has 25 heavy (non-hydrogen) atoms. The highest BCUT2D eigenvalue weighted by atomic mass is 16.5. The van der Waals surface area contributed by atoms with Crippen LogP contribution in [-0.4, -0.2) is 30.3 Å². The molecule has 0 N–H and O–H groups in total. The highest BCUT2D eigenvalue weighted by Gasteiger charge is 2.29. The van der Waals surface area contributed by atoms with E-state index in [4.69, 9.17) is 14.0 Å². The molecule has 0 spiro atoms. The Kier molecular flexibility index (Phi) is 5.63. The molecule has 1 aliphatic rings. The summed E-state index contributed by atoms with van der Waals surface area (Å²) in [6.07, 6.45) is 2.31. The van der Waals surface area contributed by atoms with E-state index in [1.54, 1.807) is 7.11 Å². The molecule has 0 radical (unpaired) electrons. The molecule has 0 aliphatic carbocycles. The zero-order valence-corrected chi connectivity index (χ0v) is 15.6. The summed E-state index contributed by atoms with van der Waals surface area (Å²) < 4.78 is 16.6. The van der Waals surface area contributed by atoms with Crippen molar-refractivity contribution in [2.75, 3.05) is 20.3 Å². The minimum atomic E-state index is 0.328. The van der Waals surface area contributed by atoms with E-state index in [2.05, 4.69) is 42.1 Å². The summed E-state index contributed by atoms with van der Waals surface area (Å²) >= 11 is 0. The van der Waals surface area contributed by atoms with Gasteiger partial charge in [0.05, 0.1) is 19.8 Å². The minimum absolute atomic E-state index is 0.328. The molecule has 1 aliphatic heterocycles. The van der Waals surface area contributed by atoms with Crippen molar-refractivity contribution >= 4 is 0 Å². The van der Waals surface area contributed by atoms with E-state index in [0.717, 1.165) is 42.5 Å². The smallest absolute Gasteiger partial charge is 0.161 e. The molecule has 0 amide bonds. The fraction of sp³-hybridized carbons (Fsp3) is 0.550. The highest BCUT2D eigenvalue weighted by Crippen LogP contribution is 2.35. The van der Waals surface area contributed by atoms with Gasteiger partial charge in [0, 0.05) is 18.5 Å². The van der Waals surface area contributed by atoms with Crippen molar-refractivity contribution < 1.29 is 14.0 Å². The molecule has 5 nitrogen and oxygen atoms in total. The molecular weight excluding hydrogens is 316 g/mol. The number of aromatic nitrogens is 1. The first kappa shape index (κ1) is 17.8. The lowest BCUT2D eigenvalue weighted by molar-refractivity contribution is 0.235. The quantitative estimate of drug-likeness (QED) is 0.738. The van der Waals surface area contributed by atoms with Gasteiger partial charge in [-0.2, -0.15) is 0 Å². The number of rotatable bonds is 7. The van der Waals surface area contributed by atoms with E-state index in [0.29, 0.717) is 18.6 Å². The first-order valence-corrected chi connectivity index (χ1v) is 9.12. The molecule has 1 saturated heterocycles. The molecule has 1 aromatic carbocycles. The van der Waals surface area contributed by atoms with E-state index in [-0.39, 0.29) is 0 Å². The van der Waals surface area contributed by atoms with Gasteiger partial charge in [0.15, 0.2) is 11.5 Å². The van der Waals surface area contributed by atoms with Crippen molar-refractivity contribution in [2.24, 2.45) is 0 Å². The molecular formula is C20H28N2O3. The lowest BCUT2D eigenvalue weighted by Gasteiger charge is -2.23. The zero-order valence-electron chi connectivity index (χ0n) is 15.6. The normalized spacial score (nSPS) is 18.0. The monoisotopic (exact) mass is 344 g/mol. The number of likely N-dealkylation sites (tertiary alicyclic amines) is 1. The van der Waals surface area contributed by atoms with Gasteiger partial charge in [-0.05, 0) is 44.0 Å². The first-order valence-electron chi connectivity index (χ1n) is 9.12. The van der Waals surface area contributed by atoms with Gasteiger partial charge in [-0.1, -0.05) is 25.1 Å². The van der Waals surface area contributed by atoms with E-state index in [1.165, 1.54) is 12.0 Å². The van der Waals surface area contributed by atoms with Crippen molar-refractivity contribution in [1.29, 1.82) is 0 Å². The number of hydrogen-bond acceptors (Lipinski definition) is 5. The van der Waals surface area contributed by atoms with Gasteiger partial charge in [-0.15, -0.1) is 0 Å².